The molecule has 2 aliphatic heterocycles. The highest BCUT2D eigenvalue weighted by Gasteiger charge is 2.28. The molecule has 0 fully saturated rings. The van der Waals surface area contributed by atoms with Crippen LogP contribution in [0.5, 0.6) is 28.7 Å². The van der Waals surface area contributed by atoms with Crippen molar-refractivity contribution in [2.45, 2.75) is 0 Å². The number of anilines is 1. The van der Waals surface area contributed by atoms with Crippen molar-refractivity contribution in [2.24, 2.45) is 0 Å². The molecule has 0 saturated carbocycles. The molecular formula is C25H19NO7. The van der Waals surface area contributed by atoms with E-state index in [-0.39, 0.29) is 30.8 Å². The number of amides is 1. The second-order valence-corrected chi connectivity index (χ2v) is 7.28. The Morgan fingerprint density at radius 2 is 1.76 bits per heavy atom. The van der Waals surface area contributed by atoms with Gasteiger partial charge >= 0.3 is 0 Å². The third-order valence-corrected chi connectivity index (χ3v) is 5.08. The van der Waals surface area contributed by atoms with E-state index in [0.717, 1.165) is 5.56 Å². The van der Waals surface area contributed by atoms with Crippen LogP contribution in [0.4, 0.5) is 5.69 Å². The average molecular weight is 445 g/mol. The average Bonchev–Trinajstić information content (AvgIpc) is 3.42. The van der Waals surface area contributed by atoms with E-state index in [1.54, 1.807) is 67.8 Å². The van der Waals surface area contributed by atoms with Crippen LogP contribution in [0.25, 0.3) is 6.08 Å². The van der Waals surface area contributed by atoms with Gasteiger partial charge in [-0.15, -0.1) is 0 Å². The molecule has 0 radical (unpaired) electrons. The second kappa shape index (κ2) is 8.58. The molecule has 0 spiro atoms. The Balaban J connectivity index is 1.23. The fourth-order valence-electron chi connectivity index (χ4n) is 3.43. The van der Waals surface area contributed by atoms with Crippen LogP contribution in [0.15, 0.2) is 66.4 Å². The first kappa shape index (κ1) is 20.4. The number of methoxy groups -OCH3 is 1. The molecule has 1 amide bonds. The van der Waals surface area contributed by atoms with Gasteiger partial charge in [0.05, 0.1) is 12.7 Å². The molecule has 0 unspecified atom stereocenters. The van der Waals surface area contributed by atoms with Gasteiger partial charge in [0, 0.05) is 11.8 Å². The minimum atomic E-state index is -0.318. The smallest absolute Gasteiger partial charge is 0.262 e. The summed E-state index contributed by atoms with van der Waals surface area (Å²) in [5, 5.41) is 2.74. The molecule has 2 heterocycles. The van der Waals surface area contributed by atoms with Gasteiger partial charge in [-0.3, -0.25) is 9.59 Å². The van der Waals surface area contributed by atoms with Crippen LogP contribution in [0, 0.1) is 0 Å². The summed E-state index contributed by atoms with van der Waals surface area (Å²) in [4.78, 5) is 24.9. The van der Waals surface area contributed by atoms with E-state index in [1.165, 1.54) is 0 Å². The summed E-state index contributed by atoms with van der Waals surface area (Å²) in [7, 11) is 1.57. The molecule has 5 rings (SSSR count). The van der Waals surface area contributed by atoms with Crippen LogP contribution >= 0.6 is 0 Å². The number of Topliss-reactive ketones (excluding diaryl/α,β-unsaturated/α-hetero) is 1. The molecule has 0 saturated heterocycles. The minimum Gasteiger partial charge on any atom is -0.497 e. The first-order valence-electron chi connectivity index (χ1n) is 10.1. The summed E-state index contributed by atoms with van der Waals surface area (Å²) in [5.74, 6) is 2.42. The van der Waals surface area contributed by atoms with Gasteiger partial charge in [0.25, 0.3) is 5.91 Å². The highest BCUT2D eigenvalue weighted by Crippen LogP contribution is 2.37. The summed E-state index contributed by atoms with van der Waals surface area (Å²) in [6.07, 6.45) is 1.65. The highest BCUT2D eigenvalue weighted by atomic mass is 16.7. The Bertz CT molecular complexity index is 1260. The van der Waals surface area contributed by atoms with Crippen molar-refractivity contribution >= 4 is 23.5 Å². The third-order valence-electron chi connectivity index (χ3n) is 5.08. The first-order chi connectivity index (χ1) is 16.1. The molecule has 1 N–H and O–H groups in total. The molecule has 0 bridgehead atoms. The molecule has 3 aromatic carbocycles. The number of hydrogen-bond acceptors (Lipinski definition) is 7. The summed E-state index contributed by atoms with van der Waals surface area (Å²) in [6.45, 7) is -0.0181. The molecular weight excluding hydrogens is 426 g/mol. The first-order valence-corrected chi connectivity index (χ1v) is 10.1. The van der Waals surface area contributed by atoms with E-state index in [2.05, 4.69) is 5.32 Å². The quantitative estimate of drug-likeness (QED) is 0.572. The van der Waals surface area contributed by atoms with Gasteiger partial charge in [0.1, 0.15) is 17.2 Å². The number of carbonyl (C=O) groups is 2. The van der Waals surface area contributed by atoms with Gasteiger partial charge in [0.2, 0.25) is 12.6 Å². The van der Waals surface area contributed by atoms with Crippen LogP contribution in [0.3, 0.4) is 0 Å². The standard InChI is InChI=1S/C25H19NO7/c1-29-17-5-3-16(4-6-17)26-24(27)13-30-18-7-8-19-21(12-18)33-23(25(19)28)11-15-2-9-20-22(10-15)32-14-31-20/h2-12H,13-14H2,1H3,(H,26,27). The fourth-order valence-corrected chi connectivity index (χ4v) is 3.43. The van der Waals surface area contributed by atoms with Crippen LogP contribution in [0.1, 0.15) is 15.9 Å². The normalized spacial score (nSPS) is 14.6. The highest BCUT2D eigenvalue weighted by molar-refractivity contribution is 6.14. The second-order valence-electron chi connectivity index (χ2n) is 7.28. The van der Waals surface area contributed by atoms with Gasteiger partial charge in [-0.05, 0) is 60.2 Å². The van der Waals surface area contributed by atoms with Gasteiger partial charge in [-0.2, -0.15) is 0 Å². The number of carbonyl (C=O) groups excluding carboxylic acids is 2. The van der Waals surface area contributed by atoms with Crippen molar-refractivity contribution in [3.05, 3.63) is 77.5 Å². The summed E-state index contributed by atoms with van der Waals surface area (Å²) in [5.41, 5.74) is 1.81. The van der Waals surface area contributed by atoms with Crippen LogP contribution in [-0.2, 0) is 4.79 Å². The maximum absolute atomic E-state index is 12.7. The Labute approximate surface area is 189 Å². The van der Waals surface area contributed by atoms with Crippen LogP contribution in [-0.4, -0.2) is 32.2 Å². The lowest BCUT2D eigenvalue weighted by Gasteiger charge is -2.09. The maximum atomic E-state index is 12.7. The zero-order valence-electron chi connectivity index (χ0n) is 17.6. The van der Waals surface area contributed by atoms with Gasteiger partial charge in [-0.1, -0.05) is 6.07 Å². The Morgan fingerprint density at radius 3 is 2.58 bits per heavy atom. The Hall–Kier alpha value is -4.46. The molecule has 8 nitrogen and oxygen atoms in total. The maximum Gasteiger partial charge on any atom is 0.262 e. The molecule has 0 atom stereocenters. The number of ether oxygens (including phenoxy) is 5. The monoisotopic (exact) mass is 445 g/mol. The van der Waals surface area contributed by atoms with E-state index in [0.29, 0.717) is 40.0 Å². The lowest BCUT2D eigenvalue weighted by atomic mass is 10.1. The van der Waals surface area contributed by atoms with E-state index < -0.39 is 0 Å². The van der Waals surface area contributed by atoms with Crippen molar-refractivity contribution in [2.75, 3.05) is 25.8 Å². The zero-order valence-corrected chi connectivity index (χ0v) is 17.6. The van der Waals surface area contributed by atoms with Crippen molar-refractivity contribution in [1.29, 1.82) is 0 Å². The number of benzene rings is 3. The molecule has 0 aromatic heterocycles. The topological polar surface area (TPSA) is 92.3 Å². The lowest BCUT2D eigenvalue weighted by Crippen LogP contribution is -2.20. The number of nitrogens with one attached hydrogen (secondary N) is 1. The third kappa shape index (κ3) is 4.31. The van der Waals surface area contributed by atoms with Crippen LogP contribution in [0.2, 0.25) is 0 Å². The SMILES string of the molecule is COc1ccc(NC(=O)COc2ccc3c(c2)OC(=Cc2ccc4c(c2)OCO4)C3=O)cc1. The van der Waals surface area contributed by atoms with Gasteiger partial charge < -0.3 is 29.0 Å². The molecule has 33 heavy (non-hydrogen) atoms. The van der Waals surface area contributed by atoms with Crippen molar-refractivity contribution in [3.63, 3.8) is 0 Å². The van der Waals surface area contributed by atoms with E-state index in [1.807, 2.05) is 6.07 Å². The fraction of sp³-hybridized carbons (Fsp3) is 0.120. The number of hydrogen-bond donors (Lipinski definition) is 1. The molecule has 3 aromatic rings. The van der Waals surface area contributed by atoms with Gasteiger partial charge in [0.15, 0.2) is 23.9 Å². The number of ketones is 1. The van der Waals surface area contributed by atoms with Crippen LogP contribution < -0.4 is 29.0 Å². The van der Waals surface area contributed by atoms with Crippen molar-refractivity contribution < 1.29 is 33.3 Å². The van der Waals surface area contributed by atoms with E-state index in [9.17, 15) is 9.59 Å². The van der Waals surface area contributed by atoms with Gasteiger partial charge in [-0.25, -0.2) is 0 Å². The van der Waals surface area contributed by atoms with E-state index >= 15 is 0 Å². The molecule has 8 heteroatoms. The van der Waals surface area contributed by atoms with Crippen molar-refractivity contribution in [3.8, 4) is 28.7 Å². The molecule has 0 aliphatic carbocycles. The molecule has 2 aliphatic rings. The minimum absolute atomic E-state index is 0.178. The number of allylic oxidation sites excluding steroid dienone is 1. The lowest BCUT2D eigenvalue weighted by molar-refractivity contribution is -0.118. The molecule has 166 valence electrons. The predicted molar refractivity (Wildman–Crippen MR) is 119 cm³/mol. The van der Waals surface area contributed by atoms with E-state index in [4.69, 9.17) is 23.7 Å². The summed E-state index contributed by atoms with van der Waals surface area (Å²) < 4.78 is 27.1. The Kier molecular flexibility index (Phi) is 5.32. The number of fused-ring (bicyclic) bond motifs is 2. The number of rotatable bonds is 6. The summed E-state index contributed by atoms with van der Waals surface area (Å²) >= 11 is 0. The van der Waals surface area contributed by atoms with Crippen molar-refractivity contribution in [1.82, 2.24) is 0 Å². The zero-order chi connectivity index (χ0) is 22.8. The Morgan fingerprint density at radius 1 is 0.970 bits per heavy atom. The largest absolute Gasteiger partial charge is 0.497 e. The predicted octanol–water partition coefficient (Wildman–Crippen LogP) is 4.06. The summed E-state index contributed by atoms with van der Waals surface area (Å²) in [6, 6.07) is 17.2.